The normalized spacial score (nSPS) is 14.8. The van der Waals surface area contributed by atoms with Gasteiger partial charge in [0.15, 0.2) is 16.3 Å². The van der Waals surface area contributed by atoms with Crippen LogP contribution in [0.25, 0.3) is 6.08 Å². The molecular formula is C31H24BrCl3N2O5S. The number of methoxy groups -OCH3 is 1. The molecule has 7 nitrogen and oxygen atoms in total. The Morgan fingerprint density at radius 3 is 2.58 bits per heavy atom. The molecule has 0 spiro atoms. The van der Waals surface area contributed by atoms with Crippen LogP contribution in [-0.4, -0.2) is 24.3 Å². The summed E-state index contributed by atoms with van der Waals surface area (Å²) in [7, 11) is 1.53. The first-order valence-corrected chi connectivity index (χ1v) is 15.8. The second kappa shape index (κ2) is 13.3. The van der Waals surface area contributed by atoms with E-state index < -0.39 is 12.0 Å². The molecule has 2 heterocycles. The number of hydrogen-bond donors (Lipinski definition) is 0. The number of thiazole rings is 1. The Hall–Kier alpha value is -3.08. The van der Waals surface area contributed by atoms with E-state index in [-0.39, 0.29) is 24.3 Å². The third kappa shape index (κ3) is 6.42. The zero-order valence-electron chi connectivity index (χ0n) is 23.1. The first kappa shape index (κ1) is 31.3. The molecule has 0 saturated heterocycles. The molecule has 0 bridgehead atoms. The summed E-state index contributed by atoms with van der Waals surface area (Å²) in [4.78, 5) is 32.1. The molecule has 1 aromatic heterocycles. The van der Waals surface area contributed by atoms with Gasteiger partial charge < -0.3 is 14.2 Å². The van der Waals surface area contributed by atoms with Crippen LogP contribution in [0.15, 0.2) is 80.1 Å². The van der Waals surface area contributed by atoms with Crippen molar-refractivity contribution in [3.8, 4) is 11.5 Å². The van der Waals surface area contributed by atoms with Gasteiger partial charge >= 0.3 is 5.97 Å². The topological polar surface area (TPSA) is 79.1 Å². The summed E-state index contributed by atoms with van der Waals surface area (Å²) in [6.45, 7) is 3.82. The van der Waals surface area contributed by atoms with Gasteiger partial charge in [0, 0.05) is 20.6 Å². The van der Waals surface area contributed by atoms with Gasteiger partial charge in [0.05, 0.1) is 34.0 Å². The highest BCUT2D eigenvalue weighted by Gasteiger charge is 2.34. The number of esters is 1. The average Bonchev–Trinajstić information content (AvgIpc) is 3.26. The average molecular weight is 723 g/mol. The lowest BCUT2D eigenvalue weighted by Gasteiger charge is -2.25. The summed E-state index contributed by atoms with van der Waals surface area (Å²) >= 11 is 23.7. The Morgan fingerprint density at radius 2 is 1.88 bits per heavy atom. The van der Waals surface area contributed by atoms with E-state index in [4.69, 9.17) is 49.0 Å². The van der Waals surface area contributed by atoms with E-state index in [9.17, 15) is 9.59 Å². The van der Waals surface area contributed by atoms with E-state index >= 15 is 0 Å². The van der Waals surface area contributed by atoms with Crippen LogP contribution < -0.4 is 24.4 Å². The molecule has 1 atom stereocenters. The molecule has 222 valence electrons. The number of ether oxygens (including phenoxy) is 3. The molecule has 4 aromatic rings. The van der Waals surface area contributed by atoms with Crippen molar-refractivity contribution in [3.63, 3.8) is 0 Å². The van der Waals surface area contributed by atoms with E-state index in [0.29, 0.717) is 57.2 Å². The number of halogens is 4. The third-order valence-corrected chi connectivity index (χ3v) is 9.16. The Morgan fingerprint density at radius 1 is 1.12 bits per heavy atom. The molecule has 12 heteroatoms. The summed E-state index contributed by atoms with van der Waals surface area (Å²) in [6.07, 6.45) is 1.74. The van der Waals surface area contributed by atoms with Crippen LogP contribution in [-0.2, 0) is 16.1 Å². The van der Waals surface area contributed by atoms with Gasteiger partial charge in [0.2, 0.25) is 0 Å². The molecule has 0 aliphatic carbocycles. The quantitative estimate of drug-likeness (QED) is 0.181. The summed E-state index contributed by atoms with van der Waals surface area (Å²) in [5.74, 6) is 0.375. The predicted octanol–water partition coefficient (Wildman–Crippen LogP) is 7.11. The number of aromatic nitrogens is 1. The number of nitrogens with zero attached hydrogens (tertiary/aromatic N) is 2. The molecule has 0 N–H and O–H groups in total. The zero-order valence-corrected chi connectivity index (χ0v) is 27.8. The summed E-state index contributed by atoms with van der Waals surface area (Å²) in [6, 6.07) is 15.1. The maximum atomic E-state index is 13.9. The minimum absolute atomic E-state index is 0.179. The molecule has 5 rings (SSSR count). The van der Waals surface area contributed by atoms with Crippen molar-refractivity contribution in [2.45, 2.75) is 26.5 Å². The van der Waals surface area contributed by atoms with Gasteiger partial charge in [0.1, 0.15) is 12.6 Å². The number of carbonyl (C=O) groups is 1. The van der Waals surface area contributed by atoms with E-state index in [0.717, 1.165) is 5.56 Å². The monoisotopic (exact) mass is 720 g/mol. The maximum Gasteiger partial charge on any atom is 0.338 e. The van der Waals surface area contributed by atoms with Crippen LogP contribution in [0, 0.1) is 0 Å². The Kier molecular flexibility index (Phi) is 9.68. The predicted molar refractivity (Wildman–Crippen MR) is 173 cm³/mol. The summed E-state index contributed by atoms with van der Waals surface area (Å²) in [5, 5.41) is 1.45. The van der Waals surface area contributed by atoms with E-state index in [1.54, 1.807) is 62.4 Å². The molecule has 0 fully saturated rings. The minimum Gasteiger partial charge on any atom is -0.493 e. The number of fused-ring (bicyclic) bond motifs is 1. The van der Waals surface area contributed by atoms with Crippen molar-refractivity contribution < 1.29 is 19.0 Å². The largest absolute Gasteiger partial charge is 0.493 e. The lowest BCUT2D eigenvalue weighted by atomic mass is 9.96. The molecule has 0 saturated carbocycles. The highest BCUT2D eigenvalue weighted by atomic mass is 79.9. The first-order valence-electron chi connectivity index (χ1n) is 13.0. The van der Waals surface area contributed by atoms with Gasteiger partial charge in [-0.1, -0.05) is 70.4 Å². The Labute approximate surface area is 274 Å². The standard InChI is InChI=1S/C31H24BrCl3N2O5S/c1-4-41-30(39)26-16(2)36-31-37(27(26)20-7-5-6-8-22(20)34)29(38)25(43-31)13-17-11-21(32)28(24(12-17)40-3)42-15-18-9-10-19(33)14-23(18)35/h5-14,27H,4,15H2,1-3H3/t27-/m0/s1. The van der Waals surface area contributed by atoms with Crippen molar-refractivity contribution in [1.29, 1.82) is 0 Å². The van der Waals surface area contributed by atoms with E-state index in [2.05, 4.69) is 20.9 Å². The molecule has 43 heavy (non-hydrogen) atoms. The second-order valence-electron chi connectivity index (χ2n) is 9.38. The smallest absolute Gasteiger partial charge is 0.338 e. The molecule has 0 unspecified atom stereocenters. The summed E-state index contributed by atoms with van der Waals surface area (Å²) < 4.78 is 19.5. The van der Waals surface area contributed by atoms with Crippen LogP contribution in [0.5, 0.6) is 11.5 Å². The molecule has 3 aromatic carbocycles. The van der Waals surface area contributed by atoms with Gasteiger partial charge in [-0.15, -0.1) is 0 Å². The van der Waals surface area contributed by atoms with Crippen molar-refractivity contribution in [2.24, 2.45) is 4.99 Å². The van der Waals surface area contributed by atoms with Gasteiger partial charge in [-0.3, -0.25) is 9.36 Å². The molecule has 0 amide bonds. The van der Waals surface area contributed by atoms with Gasteiger partial charge in [-0.25, -0.2) is 9.79 Å². The van der Waals surface area contributed by atoms with Crippen LogP contribution >= 0.6 is 62.1 Å². The van der Waals surface area contributed by atoms with Crippen molar-refractivity contribution >= 4 is 74.1 Å². The van der Waals surface area contributed by atoms with E-state index in [1.165, 1.54) is 23.0 Å². The lowest BCUT2D eigenvalue weighted by molar-refractivity contribution is -0.139. The second-order valence-corrected chi connectivity index (χ2v) is 12.5. The fraction of sp³-hybridized carbons (Fsp3) is 0.194. The molecule has 0 radical (unpaired) electrons. The van der Waals surface area contributed by atoms with Crippen LogP contribution in [0.2, 0.25) is 15.1 Å². The fourth-order valence-electron chi connectivity index (χ4n) is 4.69. The zero-order chi connectivity index (χ0) is 30.8. The van der Waals surface area contributed by atoms with Crippen molar-refractivity contribution in [3.05, 3.63) is 122 Å². The number of rotatable bonds is 8. The Bertz CT molecular complexity index is 1950. The molecular weight excluding hydrogens is 699 g/mol. The first-order chi connectivity index (χ1) is 20.6. The Balaban J connectivity index is 1.58. The molecule has 1 aliphatic heterocycles. The van der Waals surface area contributed by atoms with Gasteiger partial charge in [0.25, 0.3) is 5.56 Å². The highest BCUT2D eigenvalue weighted by Crippen LogP contribution is 2.38. The number of carbonyl (C=O) groups excluding carboxylic acids is 1. The lowest BCUT2D eigenvalue weighted by Crippen LogP contribution is -2.40. The number of allylic oxidation sites excluding steroid dienone is 1. The fourth-order valence-corrected chi connectivity index (χ4v) is 7.01. The van der Waals surface area contributed by atoms with Crippen LogP contribution in [0.3, 0.4) is 0 Å². The molecule has 1 aliphatic rings. The highest BCUT2D eigenvalue weighted by molar-refractivity contribution is 9.10. The van der Waals surface area contributed by atoms with E-state index in [1.807, 2.05) is 12.1 Å². The van der Waals surface area contributed by atoms with Gasteiger partial charge in [-0.2, -0.15) is 0 Å². The van der Waals surface area contributed by atoms with Crippen LogP contribution in [0.4, 0.5) is 0 Å². The maximum absolute atomic E-state index is 13.9. The van der Waals surface area contributed by atoms with Crippen LogP contribution in [0.1, 0.15) is 36.6 Å². The number of hydrogen-bond acceptors (Lipinski definition) is 7. The third-order valence-electron chi connectivity index (χ3n) is 6.65. The van der Waals surface area contributed by atoms with Crippen molar-refractivity contribution in [1.82, 2.24) is 4.57 Å². The number of benzene rings is 3. The minimum atomic E-state index is -0.803. The van der Waals surface area contributed by atoms with Gasteiger partial charge in [-0.05, 0) is 77.3 Å². The summed E-state index contributed by atoms with van der Waals surface area (Å²) in [5.41, 5.74) is 2.44. The van der Waals surface area contributed by atoms with Crippen molar-refractivity contribution in [2.75, 3.05) is 13.7 Å². The SMILES string of the molecule is CCOC(=O)C1=C(C)N=c2sc(=Cc3cc(Br)c(OCc4ccc(Cl)cc4Cl)c(OC)c3)c(=O)n2[C@H]1c1ccccc1Cl.